The van der Waals surface area contributed by atoms with E-state index >= 15 is 0 Å². The molecular formula is C24H18N2O6. The van der Waals surface area contributed by atoms with Gasteiger partial charge in [-0.2, -0.15) is 0 Å². The van der Waals surface area contributed by atoms with Crippen LogP contribution in [-0.2, 0) is 9.53 Å². The molecule has 0 aliphatic heterocycles. The van der Waals surface area contributed by atoms with Gasteiger partial charge in [0, 0.05) is 5.69 Å². The van der Waals surface area contributed by atoms with Crippen molar-refractivity contribution in [2.24, 2.45) is 0 Å². The van der Waals surface area contributed by atoms with Gasteiger partial charge in [0.25, 0.3) is 5.91 Å². The minimum atomic E-state index is -1.10. The Labute approximate surface area is 182 Å². The molecule has 1 atom stereocenters. The number of oxazole rings is 1. The number of anilines is 1. The number of rotatable bonds is 6. The maximum atomic E-state index is 12.8. The van der Waals surface area contributed by atoms with E-state index in [2.05, 4.69) is 10.3 Å². The molecule has 0 aliphatic rings. The maximum absolute atomic E-state index is 12.8. The summed E-state index contributed by atoms with van der Waals surface area (Å²) in [7, 11) is 0. The molecule has 1 aromatic heterocycles. The highest BCUT2D eigenvalue weighted by Crippen LogP contribution is 2.27. The van der Waals surface area contributed by atoms with E-state index in [0.717, 1.165) is 0 Å². The van der Waals surface area contributed by atoms with Crippen LogP contribution in [-0.4, -0.2) is 34.0 Å². The molecule has 8 nitrogen and oxygen atoms in total. The number of benzene rings is 3. The van der Waals surface area contributed by atoms with Crippen LogP contribution < -0.4 is 5.32 Å². The molecule has 0 radical (unpaired) electrons. The predicted molar refractivity (Wildman–Crippen MR) is 116 cm³/mol. The van der Waals surface area contributed by atoms with Gasteiger partial charge in [-0.05, 0) is 55.5 Å². The summed E-state index contributed by atoms with van der Waals surface area (Å²) in [4.78, 5) is 40.6. The van der Waals surface area contributed by atoms with Crippen LogP contribution in [0.4, 0.5) is 5.69 Å². The Balaban J connectivity index is 1.49. The number of carbonyl (C=O) groups is 3. The van der Waals surface area contributed by atoms with E-state index in [4.69, 9.17) is 14.3 Å². The first-order chi connectivity index (χ1) is 15.4. The largest absolute Gasteiger partial charge is 0.478 e. The highest BCUT2D eigenvalue weighted by atomic mass is 16.5. The van der Waals surface area contributed by atoms with Gasteiger partial charge >= 0.3 is 11.9 Å². The third kappa shape index (κ3) is 4.34. The number of carboxylic acid groups (broad SMARTS) is 1. The first-order valence-corrected chi connectivity index (χ1v) is 9.72. The molecule has 1 amide bonds. The van der Waals surface area contributed by atoms with Gasteiger partial charge in [0.05, 0.1) is 16.7 Å². The van der Waals surface area contributed by atoms with Gasteiger partial charge in [-0.15, -0.1) is 0 Å². The number of hydrogen-bond acceptors (Lipinski definition) is 6. The average molecular weight is 430 g/mol. The normalized spacial score (nSPS) is 11.7. The van der Waals surface area contributed by atoms with Crippen LogP contribution in [0.3, 0.4) is 0 Å². The van der Waals surface area contributed by atoms with Crippen molar-refractivity contribution in [1.29, 1.82) is 0 Å². The number of carboxylic acids is 1. The number of para-hydroxylation sites is 2. The Morgan fingerprint density at radius 3 is 2.38 bits per heavy atom. The summed E-state index contributed by atoms with van der Waals surface area (Å²) < 4.78 is 11.1. The molecule has 1 unspecified atom stereocenters. The molecule has 0 fully saturated rings. The van der Waals surface area contributed by atoms with Crippen LogP contribution in [0.1, 0.15) is 27.6 Å². The highest BCUT2D eigenvalue weighted by Gasteiger charge is 2.23. The molecule has 0 aliphatic carbocycles. The van der Waals surface area contributed by atoms with Crippen molar-refractivity contribution in [2.75, 3.05) is 5.32 Å². The number of fused-ring (bicyclic) bond motifs is 1. The van der Waals surface area contributed by atoms with Crippen LogP contribution in [0.2, 0.25) is 0 Å². The van der Waals surface area contributed by atoms with Gasteiger partial charge in [-0.1, -0.05) is 24.3 Å². The number of nitrogens with zero attached hydrogens (tertiary/aromatic N) is 1. The first kappa shape index (κ1) is 20.8. The molecule has 0 saturated heterocycles. The van der Waals surface area contributed by atoms with Crippen LogP contribution in [0, 0.1) is 0 Å². The van der Waals surface area contributed by atoms with E-state index in [0.29, 0.717) is 22.4 Å². The van der Waals surface area contributed by atoms with Crippen LogP contribution in [0.5, 0.6) is 0 Å². The van der Waals surface area contributed by atoms with Crippen LogP contribution in [0.25, 0.3) is 22.6 Å². The summed E-state index contributed by atoms with van der Waals surface area (Å²) in [6.07, 6.45) is -1.10. The topological polar surface area (TPSA) is 119 Å². The van der Waals surface area contributed by atoms with Crippen molar-refractivity contribution in [1.82, 2.24) is 4.98 Å². The second-order valence-corrected chi connectivity index (χ2v) is 6.95. The number of nitrogens with one attached hydrogen (secondary N) is 1. The lowest BCUT2D eigenvalue weighted by molar-refractivity contribution is -0.123. The van der Waals surface area contributed by atoms with E-state index in [1.54, 1.807) is 36.4 Å². The van der Waals surface area contributed by atoms with Gasteiger partial charge in [0.2, 0.25) is 5.89 Å². The lowest BCUT2D eigenvalue weighted by atomic mass is 10.1. The molecule has 4 rings (SSSR count). The van der Waals surface area contributed by atoms with Crippen molar-refractivity contribution in [3.8, 4) is 11.5 Å². The van der Waals surface area contributed by atoms with Crippen molar-refractivity contribution >= 4 is 34.6 Å². The average Bonchev–Trinajstić information content (AvgIpc) is 3.23. The number of aromatic nitrogens is 1. The third-order valence-corrected chi connectivity index (χ3v) is 4.72. The third-order valence-electron chi connectivity index (χ3n) is 4.72. The minimum absolute atomic E-state index is 0.0956. The number of ether oxygens (including phenoxy) is 1. The maximum Gasteiger partial charge on any atom is 0.339 e. The molecule has 8 heteroatoms. The lowest BCUT2D eigenvalue weighted by Gasteiger charge is -2.14. The molecule has 0 spiro atoms. The van der Waals surface area contributed by atoms with Crippen molar-refractivity contribution in [3.05, 3.63) is 83.9 Å². The van der Waals surface area contributed by atoms with Gasteiger partial charge in [-0.25, -0.2) is 14.6 Å². The zero-order valence-corrected chi connectivity index (χ0v) is 16.9. The number of carbonyl (C=O) groups excluding carboxylic acids is 2. The van der Waals surface area contributed by atoms with Gasteiger partial charge in [0.15, 0.2) is 11.7 Å². The fourth-order valence-corrected chi connectivity index (χ4v) is 3.05. The molecule has 32 heavy (non-hydrogen) atoms. The fraction of sp³-hybridized carbons (Fsp3) is 0.0833. The molecular weight excluding hydrogens is 412 g/mol. The molecule has 2 N–H and O–H groups in total. The summed E-state index contributed by atoms with van der Waals surface area (Å²) in [5.41, 5.74) is 2.39. The van der Waals surface area contributed by atoms with Crippen molar-refractivity contribution in [3.63, 3.8) is 0 Å². The first-order valence-electron chi connectivity index (χ1n) is 9.72. The van der Waals surface area contributed by atoms with E-state index < -0.39 is 23.9 Å². The summed E-state index contributed by atoms with van der Waals surface area (Å²) in [6.45, 7) is 1.45. The van der Waals surface area contributed by atoms with Crippen LogP contribution >= 0.6 is 0 Å². The SMILES string of the molecule is CC(OC(=O)c1ccccc1-c1nc2ccccc2o1)C(=O)Nc1ccc(C(=O)O)cc1. The van der Waals surface area contributed by atoms with Gasteiger partial charge < -0.3 is 19.6 Å². The second-order valence-electron chi connectivity index (χ2n) is 6.95. The monoisotopic (exact) mass is 430 g/mol. The number of amides is 1. The number of aromatic carboxylic acids is 1. The molecule has 1 heterocycles. The van der Waals surface area contributed by atoms with E-state index in [-0.39, 0.29) is 17.0 Å². The summed E-state index contributed by atoms with van der Waals surface area (Å²) in [5, 5.41) is 11.5. The van der Waals surface area contributed by atoms with E-state index in [9.17, 15) is 14.4 Å². The Morgan fingerprint density at radius 2 is 1.66 bits per heavy atom. The minimum Gasteiger partial charge on any atom is -0.478 e. The summed E-state index contributed by atoms with van der Waals surface area (Å²) in [5.74, 6) is -2.05. The number of hydrogen-bond donors (Lipinski definition) is 2. The zero-order chi connectivity index (χ0) is 22.7. The Morgan fingerprint density at radius 1 is 0.969 bits per heavy atom. The summed E-state index contributed by atoms with van der Waals surface area (Å²) in [6, 6.07) is 19.6. The smallest absolute Gasteiger partial charge is 0.339 e. The Kier molecular flexibility index (Phi) is 5.67. The number of esters is 1. The van der Waals surface area contributed by atoms with Gasteiger partial charge in [-0.3, -0.25) is 4.79 Å². The van der Waals surface area contributed by atoms with Gasteiger partial charge in [0.1, 0.15) is 5.52 Å². The summed E-state index contributed by atoms with van der Waals surface area (Å²) >= 11 is 0. The highest BCUT2D eigenvalue weighted by molar-refractivity contribution is 6.00. The quantitative estimate of drug-likeness (QED) is 0.436. The standard InChI is InChI=1S/C24H18N2O6/c1-14(21(27)25-16-12-10-15(11-13-16)23(28)29)31-24(30)18-7-3-2-6-17(18)22-26-19-8-4-5-9-20(19)32-22/h2-14H,1H3,(H,25,27)(H,28,29). The zero-order valence-electron chi connectivity index (χ0n) is 16.9. The molecule has 0 saturated carbocycles. The Hall–Kier alpha value is -4.46. The van der Waals surface area contributed by atoms with E-state index in [1.807, 2.05) is 12.1 Å². The second kappa shape index (κ2) is 8.73. The Bertz CT molecular complexity index is 1280. The molecule has 160 valence electrons. The van der Waals surface area contributed by atoms with Crippen LogP contribution in [0.15, 0.2) is 77.2 Å². The molecule has 3 aromatic carbocycles. The lowest BCUT2D eigenvalue weighted by Crippen LogP contribution is -2.30. The fourth-order valence-electron chi connectivity index (χ4n) is 3.05. The van der Waals surface area contributed by atoms with E-state index in [1.165, 1.54) is 31.2 Å². The molecule has 4 aromatic rings. The predicted octanol–water partition coefficient (Wildman–Crippen LogP) is 4.38. The van der Waals surface area contributed by atoms with Crippen molar-refractivity contribution < 1.29 is 28.6 Å². The molecule has 0 bridgehead atoms. The van der Waals surface area contributed by atoms with Crippen molar-refractivity contribution in [2.45, 2.75) is 13.0 Å².